The molecule has 2 N–H and O–H groups in total. The predicted octanol–water partition coefficient (Wildman–Crippen LogP) is 1.16. The van der Waals surface area contributed by atoms with Crippen LogP contribution < -0.4 is 24.8 Å². The van der Waals surface area contributed by atoms with Gasteiger partial charge in [-0.15, -0.1) is 0 Å². The number of nitrogens with one attached hydrogen (secondary N) is 2. The van der Waals surface area contributed by atoms with E-state index >= 15 is 0 Å². The minimum absolute atomic E-state index is 0.0258. The molecule has 0 spiro atoms. The normalized spacial score (nSPS) is 27.3. The monoisotopic (exact) mass is 440 g/mol. The summed E-state index contributed by atoms with van der Waals surface area (Å²) in [5.41, 5.74) is 0. The summed E-state index contributed by atoms with van der Waals surface area (Å²) in [5.74, 6) is 2.86. The number of carbonyl (C=O) groups excluding carboxylic acids is 2. The van der Waals surface area contributed by atoms with E-state index in [1.807, 2.05) is 25.1 Å². The van der Waals surface area contributed by atoms with Crippen molar-refractivity contribution >= 4 is 17.8 Å². The first-order valence-corrected chi connectivity index (χ1v) is 11.2. The van der Waals surface area contributed by atoms with Crippen LogP contribution in [0.3, 0.4) is 0 Å². The summed E-state index contributed by atoms with van der Waals surface area (Å²) in [4.78, 5) is 31.5. The Balaban J connectivity index is 1.09. The van der Waals surface area contributed by atoms with Gasteiger partial charge in [-0.2, -0.15) is 0 Å². The number of amides is 2. The zero-order chi connectivity index (χ0) is 22.1. The Hall–Kier alpha value is -3.23. The lowest BCUT2D eigenvalue weighted by molar-refractivity contribution is -0.140. The molecule has 32 heavy (non-hydrogen) atoms. The number of hydrogen-bond donors (Lipinski definition) is 2. The number of hydrogen-bond acceptors (Lipinski definition) is 6. The number of imide groups is 1. The van der Waals surface area contributed by atoms with Gasteiger partial charge in [0.2, 0.25) is 18.6 Å². The molecule has 9 heteroatoms. The van der Waals surface area contributed by atoms with E-state index in [1.165, 1.54) is 4.90 Å². The van der Waals surface area contributed by atoms with Gasteiger partial charge in [0.1, 0.15) is 12.4 Å². The van der Waals surface area contributed by atoms with Crippen LogP contribution in [0.4, 0.5) is 0 Å². The van der Waals surface area contributed by atoms with Crippen molar-refractivity contribution < 1.29 is 23.8 Å². The van der Waals surface area contributed by atoms with Crippen LogP contribution in [0.25, 0.3) is 0 Å². The summed E-state index contributed by atoms with van der Waals surface area (Å²) in [6.07, 6.45) is 5.16. The summed E-state index contributed by atoms with van der Waals surface area (Å²) in [6.45, 7) is 4.57. The van der Waals surface area contributed by atoms with E-state index in [4.69, 9.17) is 14.2 Å². The molecular weight excluding hydrogens is 412 g/mol. The van der Waals surface area contributed by atoms with Crippen LogP contribution >= 0.6 is 0 Å². The summed E-state index contributed by atoms with van der Waals surface area (Å²) >= 11 is 0. The standard InChI is InChI=1S/C23H28N4O5/c1-2-24-23(26-8-10-30-16-5-6-17-18(12-16)32-13-31-17)25-7-9-27-21(28)19-14-3-4-15(11-14)20(19)22(27)29/h3-6,12,14-15,19-20H,2,7-11,13H2,1H3,(H2,24,25,26). The molecule has 0 radical (unpaired) electrons. The van der Waals surface area contributed by atoms with Crippen LogP contribution in [-0.2, 0) is 9.59 Å². The summed E-state index contributed by atoms with van der Waals surface area (Å²) < 4.78 is 16.4. The van der Waals surface area contributed by atoms with E-state index in [0.717, 1.165) is 12.2 Å². The molecule has 2 heterocycles. The highest BCUT2D eigenvalue weighted by atomic mass is 16.7. The smallest absolute Gasteiger partial charge is 0.233 e. The quantitative estimate of drug-likeness (QED) is 0.206. The van der Waals surface area contributed by atoms with Gasteiger partial charge in [0.15, 0.2) is 17.5 Å². The number of likely N-dealkylation sites (tertiary alicyclic amines) is 1. The number of allylic oxidation sites excluding steroid dienone is 2. The third kappa shape index (κ3) is 3.76. The number of fused-ring (bicyclic) bond motifs is 6. The second-order valence-corrected chi connectivity index (χ2v) is 8.38. The largest absolute Gasteiger partial charge is 0.492 e. The second kappa shape index (κ2) is 8.72. The molecular formula is C23H28N4O5. The molecule has 4 atom stereocenters. The third-order valence-electron chi connectivity index (χ3n) is 6.51. The Morgan fingerprint density at radius 2 is 1.88 bits per heavy atom. The van der Waals surface area contributed by atoms with Gasteiger partial charge in [-0.05, 0) is 37.3 Å². The fraction of sp³-hybridized carbons (Fsp3) is 0.522. The molecule has 9 nitrogen and oxygen atoms in total. The first-order valence-electron chi connectivity index (χ1n) is 11.2. The van der Waals surface area contributed by atoms with E-state index in [-0.39, 0.29) is 42.3 Å². The predicted molar refractivity (Wildman–Crippen MR) is 116 cm³/mol. The van der Waals surface area contributed by atoms with Gasteiger partial charge < -0.3 is 24.8 Å². The highest BCUT2D eigenvalue weighted by Crippen LogP contribution is 2.52. The van der Waals surface area contributed by atoms with Gasteiger partial charge in [0.25, 0.3) is 0 Å². The highest BCUT2D eigenvalue weighted by Gasteiger charge is 2.58. The van der Waals surface area contributed by atoms with Crippen LogP contribution in [0.15, 0.2) is 35.3 Å². The maximum Gasteiger partial charge on any atom is 0.233 e. The van der Waals surface area contributed by atoms with E-state index in [9.17, 15) is 9.59 Å². The van der Waals surface area contributed by atoms with Crippen molar-refractivity contribution in [2.45, 2.75) is 13.3 Å². The lowest BCUT2D eigenvalue weighted by Crippen LogP contribution is -2.40. The molecule has 2 aliphatic heterocycles. The molecule has 4 aliphatic rings. The average Bonchev–Trinajstić information content (AvgIpc) is 3.57. The van der Waals surface area contributed by atoms with Gasteiger partial charge in [-0.1, -0.05) is 12.2 Å². The van der Waals surface area contributed by atoms with Crippen LogP contribution in [0.2, 0.25) is 0 Å². The molecule has 1 aromatic carbocycles. The van der Waals surface area contributed by atoms with Gasteiger partial charge >= 0.3 is 0 Å². The molecule has 1 aromatic rings. The lowest BCUT2D eigenvalue weighted by atomic mass is 9.85. The second-order valence-electron chi connectivity index (χ2n) is 8.38. The van der Waals surface area contributed by atoms with Gasteiger partial charge in [-0.3, -0.25) is 19.5 Å². The number of ether oxygens (including phenoxy) is 3. The van der Waals surface area contributed by atoms with Gasteiger partial charge in [-0.25, -0.2) is 0 Å². The maximum atomic E-state index is 12.8. The Labute approximate surface area is 186 Å². The van der Waals surface area contributed by atoms with Crippen molar-refractivity contribution in [1.82, 2.24) is 15.5 Å². The molecule has 170 valence electrons. The molecule has 4 unspecified atom stereocenters. The van der Waals surface area contributed by atoms with Crippen LogP contribution in [0.5, 0.6) is 17.2 Å². The van der Waals surface area contributed by atoms with E-state index in [0.29, 0.717) is 50.2 Å². The Kier molecular flexibility index (Phi) is 5.63. The van der Waals surface area contributed by atoms with E-state index in [1.54, 1.807) is 0 Å². The molecule has 2 bridgehead atoms. The minimum atomic E-state index is -0.152. The summed E-state index contributed by atoms with van der Waals surface area (Å²) in [6, 6.07) is 5.48. The van der Waals surface area contributed by atoms with Gasteiger partial charge in [0.05, 0.1) is 24.9 Å². The molecule has 0 aromatic heterocycles. The first kappa shape index (κ1) is 20.7. The average molecular weight is 441 g/mol. The number of nitrogens with zero attached hydrogens (tertiary/aromatic N) is 2. The molecule has 1 saturated carbocycles. The number of aliphatic imine (C=N–C) groups is 1. The molecule has 5 rings (SSSR count). The Bertz CT molecular complexity index is 932. The topological polar surface area (TPSA) is 101 Å². The van der Waals surface area contributed by atoms with Crippen molar-refractivity contribution in [1.29, 1.82) is 0 Å². The fourth-order valence-corrected chi connectivity index (χ4v) is 5.09. The van der Waals surface area contributed by atoms with Crippen molar-refractivity contribution in [2.24, 2.45) is 28.7 Å². The zero-order valence-electron chi connectivity index (χ0n) is 18.1. The molecule has 1 saturated heterocycles. The number of rotatable bonds is 8. The number of benzene rings is 1. The number of carbonyl (C=O) groups is 2. The SMILES string of the molecule is CCNC(=NCCN1C(=O)C2C3C=CC(C3)C2C1=O)NCCOc1ccc2c(c1)OCO2. The molecule has 2 fully saturated rings. The van der Waals surface area contributed by atoms with Crippen LogP contribution in [-0.4, -0.2) is 62.3 Å². The lowest BCUT2D eigenvalue weighted by Gasteiger charge is -2.17. The van der Waals surface area contributed by atoms with E-state index in [2.05, 4.69) is 27.8 Å². The third-order valence-corrected chi connectivity index (χ3v) is 6.51. The van der Waals surface area contributed by atoms with E-state index < -0.39 is 0 Å². The number of guanidine groups is 1. The van der Waals surface area contributed by atoms with Gasteiger partial charge in [0, 0.05) is 19.2 Å². The van der Waals surface area contributed by atoms with Crippen molar-refractivity contribution in [3.8, 4) is 17.2 Å². The molecule has 2 aliphatic carbocycles. The zero-order valence-corrected chi connectivity index (χ0v) is 18.1. The first-order chi connectivity index (χ1) is 15.7. The Morgan fingerprint density at radius 1 is 1.12 bits per heavy atom. The fourth-order valence-electron chi connectivity index (χ4n) is 5.09. The minimum Gasteiger partial charge on any atom is -0.492 e. The maximum absolute atomic E-state index is 12.8. The van der Waals surface area contributed by atoms with Crippen LogP contribution in [0.1, 0.15) is 13.3 Å². The van der Waals surface area contributed by atoms with Crippen molar-refractivity contribution in [3.63, 3.8) is 0 Å². The summed E-state index contributed by atoms with van der Waals surface area (Å²) in [5, 5.41) is 6.39. The van der Waals surface area contributed by atoms with Crippen LogP contribution in [0, 0.1) is 23.7 Å². The summed E-state index contributed by atoms with van der Waals surface area (Å²) in [7, 11) is 0. The highest BCUT2D eigenvalue weighted by molar-refractivity contribution is 6.06. The molecule has 2 amide bonds. The van der Waals surface area contributed by atoms with Crippen molar-refractivity contribution in [2.75, 3.05) is 39.6 Å². The Morgan fingerprint density at radius 3 is 2.62 bits per heavy atom. The van der Waals surface area contributed by atoms with Crippen molar-refractivity contribution in [3.05, 3.63) is 30.4 Å².